The fourth-order valence-corrected chi connectivity index (χ4v) is 3.98. The SMILES string of the molecule is NC(=O)CCCCCCN(N)/C=C(\N)c1ccc2cc(O[C@@H]3CCCC(CO)O3)ccc2c1. The zero-order valence-electron chi connectivity index (χ0n) is 19.1. The van der Waals surface area contributed by atoms with Gasteiger partial charge in [0.15, 0.2) is 6.29 Å². The van der Waals surface area contributed by atoms with Crippen molar-refractivity contribution >= 4 is 22.4 Å². The van der Waals surface area contributed by atoms with Crippen LogP contribution in [0.25, 0.3) is 16.5 Å². The van der Waals surface area contributed by atoms with Gasteiger partial charge in [-0.25, -0.2) is 5.84 Å². The summed E-state index contributed by atoms with van der Waals surface area (Å²) in [5.41, 5.74) is 12.9. The minimum Gasteiger partial charge on any atom is -0.465 e. The van der Waals surface area contributed by atoms with Gasteiger partial charge in [-0.3, -0.25) is 4.79 Å². The fourth-order valence-electron chi connectivity index (χ4n) is 3.98. The van der Waals surface area contributed by atoms with Gasteiger partial charge >= 0.3 is 0 Å². The van der Waals surface area contributed by atoms with E-state index in [9.17, 15) is 9.90 Å². The van der Waals surface area contributed by atoms with E-state index in [4.69, 9.17) is 26.8 Å². The average molecular weight is 457 g/mol. The molecule has 1 unspecified atom stereocenters. The first-order chi connectivity index (χ1) is 15.9. The lowest BCUT2D eigenvalue weighted by Crippen LogP contribution is -2.33. The number of hydrogen-bond donors (Lipinski definition) is 4. The molecule has 0 aromatic heterocycles. The number of aliphatic hydroxyl groups excluding tert-OH is 1. The van der Waals surface area contributed by atoms with Crippen LogP contribution in [0.5, 0.6) is 5.75 Å². The number of fused-ring (bicyclic) bond motifs is 1. The van der Waals surface area contributed by atoms with Crippen LogP contribution in [-0.4, -0.2) is 41.6 Å². The second kappa shape index (κ2) is 12.4. The van der Waals surface area contributed by atoms with Crippen LogP contribution in [0.3, 0.4) is 0 Å². The highest BCUT2D eigenvalue weighted by molar-refractivity contribution is 5.87. The molecule has 0 radical (unpaired) electrons. The van der Waals surface area contributed by atoms with Gasteiger partial charge in [0.05, 0.1) is 18.4 Å². The number of amides is 1. The number of nitrogens with two attached hydrogens (primary N) is 3. The third-order valence-corrected chi connectivity index (χ3v) is 5.82. The Hall–Kier alpha value is -2.81. The van der Waals surface area contributed by atoms with Crippen molar-refractivity contribution in [3.63, 3.8) is 0 Å². The summed E-state index contributed by atoms with van der Waals surface area (Å²) in [7, 11) is 0. The van der Waals surface area contributed by atoms with Crippen LogP contribution in [0.15, 0.2) is 42.6 Å². The number of ether oxygens (including phenoxy) is 2. The second-order valence-corrected chi connectivity index (χ2v) is 8.60. The van der Waals surface area contributed by atoms with E-state index in [1.807, 2.05) is 36.4 Å². The zero-order valence-corrected chi connectivity index (χ0v) is 19.1. The molecule has 33 heavy (non-hydrogen) atoms. The van der Waals surface area contributed by atoms with Crippen molar-refractivity contribution in [2.24, 2.45) is 17.3 Å². The summed E-state index contributed by atoms with van der Waals surface area (Å²) in [6.45, 7) is 0.707. The number of hydrazine groups is 1. The molecule has 0 spiro atoms. The number of hydrogen-bond acceptors (Lipinski definition) is 7. The number of primary amides is 1. The Labute approximate surface area is 195 Å². The molecule has 180 valence electrons. The number of nitrogens with zero attached hydrogens (tertiary/aromatic N) is 1. The molecule has 2 aromatic rings. The van der Waals surface area contributed by atoms with E-state index in [0.29, 0.717) is 18.7 Å². The van der Waals surface area contributed by atoms with Crippen molar-refractivity contribution in [2.45, 2.75) is 63.8 Å². The first-order valence-corrected chi connectivity index (χ1v) is 11.7. The lowest BCUT2D eigenvalue weighted by Gasteiger charge is -2.29. The Balaban J connectivity index is 1.54. The van der Waals surface area contributed by atoms with Crippen molar-refractivity contribution in [1.82, 2.24) is 5.01 Å². The minimum absolute atomic E-state index is 0.0203. The normalized spacial score (nSPS) is 18.9. The van der Waals surface area contributed by atoms with Crippen molar-refractivity contribution < 1.29 is 19.4 Å². The van der Waals surface area contributed by atoms with E-state index in [0.717, 1.165) is 67.0 Å². The van der Waals surface area contributed by atoms with Crippen molar-refractivity contribution in [3.8, 4) is 5.75 Å². The van der Waals surface area contributed by atoms with E-state index in [1.54, 1.807) is 11.2 Å². The largest absolute Gasteiger partial charge is 0.465 e. The first-order valence-electron chi connectivity index (χ1n) is 11.7. The summed E-state index contributed by atoms with van der Waals surface area (Å²) in [6, 6.07) is 11.9. The first kappa shape index (κ1) is 24.8. The summed E-state index contributed by atoms with van der Waals surface area (Å²) in [5, 5.41) is 13.0. The number of benzene rings is 2. The van der Waals surface area contributed by atoms with Gasteiger partial charge in [0.2, 0.25) is 5.91 Å². The molecule has 1 heterocycles. The molecule has 0 aliphatic carbocycles. The Morgan fingerprint density at radius 2 is 1.85 bits per heavy atom. The molecule has 8 nitrogen and oxygen atoms in total. The number of carbonyl (C=O) groups is 1. The predicted molar refractivity (Wildman–Crippen MR) is 130 cm³/mol. The molecule has 0 saturated carbocycles. The van der Waals surface area contributed by atoms with Gasteiger partial charge in [-0.2, -0.15) is 0 Å². The molecule has 1 aliphatic heterocycles. The number of carbonyl (C=O) groups excluding carboxylic acids is 1. The Morgan fingerprint density at radius 3 is 2.64 bits per heavy atom. The average Bonchev–Trinajstić information content (AvgIpc) is 2.80. The molecule has 1 aliphatic rings. The maximum Gasteiger partial charge on any atom is 0.217 e. The second-order valence-electron chi connectivity index (χ2n) is 8.60. The molecule has 3 rings (SSSR count). The molecule has 1 saturated heterocycles. The summed E-state index contributed by atoms with van der Waals surface area (Å²) < 4.78 is 11.7. The maximum absolute atomic E-state index is 10.8. The Morgan fingerprint density at radius 1 is 1.09 bits per heavy atom. The van der Waals surface area contributed by atoms with E-state index in [-0.39, 0.29) is 24.9 Å². The van der Waals surface area contributed by atoms with Crippen molar-refractivity contribution in [3.05, 3.63) is 48.2 Å². The standard InChI is InChI=1S/C25H36N4O4/c26-23(16-29(28)13-4-2-1-3-7-24(27)31)20-10-9-19-15-21(12-11-18(19)14-20)32-25-8-5-6-22(17-30)33-25/h9-12,14-16,22,25,30H,1-8,13,17,26,28H2,(H2,27,31)/b23-16-/t22?,25-/m0/s1. The Kier molecular flexibility index (Phi) is 9.35. The molecule has 7 N–H and O–H groups in total. The summed E-state index contributed by atoms with van der Waals surface area (Å²) >= 11 is 0. The molecule has 0 bridgehead atoms. The lowest BCUT2D eigenvalue weighted by atomic mass is 10.0. The van der Waals surface area contributed by atoms with E-state index >= 15 is 0 Å². The van der Waals surface area contributed by atoms with Crippen LogP contribution >= 0.6 is 0 Å². The summed E-state index contributed by atoms with van der Waals surface area (Å²) in [4.78, 5) is 10.8. The molecule has 2 aromatic carbocycles. The van der Waals surface area contributed by atoms with Crippen LogP contribution in [-0.2, 0) is 9.53 Å². The smallest absolute Gasteiger partial charge is 0.217 e. The van der Waals surface area contributed by atoms with Crippen LogP contribution < -0.4 is 22.0 Å². The summed E-state index contributed by atoms with van der Waals surface area (Å²) in [6.07, 6.45) is 8.06. The highest BCUT2D eigenvalue weighted by Gasteiger charge is 2.23. The van der Waals surface area contributed by atoms with Gasteiger partial charge in [-0.15, -0.1) is 0 Å². The van der Waals surface area contributed by atoms with E-state index < -0.39 is 0 Å². The molecular formula is C25H36N4O4. The Bertz CT molecular complexity index is 949. The monoisotopic (exact) mass is 456 g/mol. The van der Waals surface area contributed by atoms with Crippen LogP contribution in [0.4, 0.5) is 0 Å². The molecule has 2 atom stereocenters. The minimum atomic E-state index is -0.329. The predicted octanol–water partition coefficient (Wildman–Crippen LogP) is 2.97. The zero-order chi connectivity index (χ0) is 23.6. The topological polar surface area (TPSA) is 137 Å². The third-order valence-electron chi connectivity index (χ3n) is 5.82. The number of aliphatic hydroxyl groups is 1. The van der Waals surface area contributed by atoms with E-state index in [1.165, 1.54) is 0 Å². The highest BCUT2D eigenvalue weighted by Crippen LogP contribution is 2.27. The fraction of sp³-hybridized carbons (Fsp3) is 0.480. The molecule has 1 amide bonds. The lowest BCUT2D eigenvalue weighted by molar-refractivity contribution is -0.157. The quantitative estimate of drug-likeness (QED) is 0.219. The van der Waals surface area contributed by atoms with Crippen molar-refractivity contribution in [1.29, 1.82) is 0 Å². The van der Waals surface area contributed by atoms with Crippen LogP contribution in [0.2, 0.25) is 0 Å². The van der Waals surface area contributed by atoms with Gasteiger partial charge in [0.1, 0.15) is 5.75 Å². The maximum atomic E-state index is 10.8. The van der Waals surface area contributed by atoms with Gasteiger partial charge < -0.3 is 31.1 Å². The molecular weight excluding hydrogens is 420 g/mol. The van der Waals surface area contributed by atoms with Crippen LogP contribution in [0.1, 0.15) is 56.9 Å². The van der Waals surface area contributed by atoms with Crippen LogP contribution in [0, 0.1) is 0 Å². The number of unbranched alkanes of at least 4 members (excludes halogenated alkanes) is 3. The van der Waals surface area contributed by atoms with Gasteiger partial charge in [0.25, 0.3) is 0 Å². The number of rotatable bonds is 12. The van der Waals surface area contributed by atoms with Crippen molar-refractivity contribution in [2.75, 3.05) is 13.2 Å². The molecule has 1 fully saturated rings. The van der Waals surface area contributed by atoms with E-state index in [2.05, 4.69) is 0 Å². The third kappa shape index (κ3) is 7.92. The molecule has 8 heteroatoms. The van der Waals surface area contributed by atoms with Gasteiger partial charge in [0, 0.05) is 25.6 Å². The highest BCUT2D eigenvalue weighted by atomic mass is 16.7. The van der Waals surface area contributed by atoms with Gasteiger partial charge in [-0.1, -0.05) is 31.0 Å². The summed E-state index contributed by atoms with van der Waals surface area (Å²) in [5.74, 6) is 6.57. The van der Waals surface area contributed by atoms with Gasteiger partial charge in [-0.05, 0) is 60.2 Å².